The molecule has 0 atom stereocenters. The standard InChI is InChI=1S/C7H14O2Si/c1-4-7(5-2)9-10-8-6-3/h4-5,7H,1-2,6,10H2,3H3. The summed E-state index contributed by atoms with van der Waals surface area (Å²) in [5.74, 6) is 0. The molecule has 3 heteroatoms. The van der Waals surface area contributed by atoms with E-state index in [2.05, 4.69) is 13.2 Å². The Hall–Kier alpha value is -0.383. The zero-order valence-corrected chi connectivity index (χ0v) is 7.79. The van der Waals surface area contributed by atoms with Crippen molar-refractivity contribution in [3.05, 3.63) is 25.3 Å². The van der Waals surface area contributed by atoms with Crippen LogP contribution in [0, 0.1) is 0 Å². The Kier molecular flexibility index (Phi) is 6.47. The minimum atomic E-state index is -0.801. The van der Waals surface area contributed by atoms with E-state index in [1.807, 2.05) is 6.92 Å². The second kappa shape index (κ2) is 6.73. The van der Waals surface area contributed by atoms with Crippen LogP contribution in [0.25, 0.3) is 0 Å². The second-order valence-corrected chi connectivity index (χ2v) is 2.69. The zero-order chi connectivity index (χ0) is 7.82. The molecule has 0 aromatic rings. The number of hydrogen-bond acceptors (Lipinski definition) is 2. The minimum absolute atomic E-state index is 0.0294. The monoisotopic (exact) mass is 158 g/mol. The molecule has 0 bridgehead atoms. The van der Waals surface area contributed by atoms with Crippen LogP contribution < -0.4 is 0 Å². The number of rotatable bonds is 6. The molecule has 0 rings (SSSR count). The highest BCUT2D eigenvalue weighted by Crippen LogP contribution is 1.91. The van der Waals surface area contributed by atoms with Crippen molar-refractivity contribution in [1.29, 1.82) is 0 Å². The molecule has 0 amide bonds. The van der Waals surface area contributed by atoms with Crippen molar-refractivity contribution in [1.82, 2.24) is 0 Å². The molecular weight excluding hydrogens is 144 g/mol. The summed E-state index contributed by atoms with van der Waals surface area (Å²) < 4.78 is 10.4. The summed E-state index contributed by atoms with van der Waals surface area (Å²) in [6, 6.07) is 0. The molecule has 2 nitrogen and oxygen atoms in total. The van der Waals surface area contributed by atoms with Gasteiger partial charge in [0, 0.05) is 6.61 Å². The molecule has 0 saturated heterocycles. The lowest BCUT2D eigenvalue weighted by Gasteiger charge is -2.07. The molecule has 0 fully saturated rings. The highest BCUT2D eigenvalue weighted by molar-refractivity contribution is 6.18. The Morgan fingerprint density at radius 1 is 1.50 bits per heavy atom. The van der Waals surface area contributed by atoms with E-state index in [0.717, 1.165) is 6.61 Å². The summed E-state index contributed by atoms with van der Waals surface area (Å²) in [6.45, 7) is 9.84. The first kappa shape index (κ1) is 9.62. The van der Waals surface area contributed by atoms with Crippen LogP contribution in [0.15, 0.2) is 25.3 Å². The zero-order valence-electron chi connectivity index (χ0n) is 6.38. The van der Waals surface area contributed by atoms with Crippen molar-refractivity contribution in [2.24, 2.45) is 0 Å². The van der Waals surface area contributed by atoms with Crippen LogP contribution >= 0.6 is 0 Å². The fraction of sp³-hybridized carbons (Fsp3) is 0.429. The lowest BCUT2D eigenvalue weighted by Crippen LogP contribution is -2.12. The van der Waals surface area contributed by atoms with Crippen molar-refractivity contribution < 1.29 is 8.85 Å². The second-order valence-electron chi connectivity index (χ2n) is 1.71. The maximum absolute atomic E-state index is 5.26. The SMILES string of the molecule is C=CC(C=C)O[SiH2]OCC. The van der Waals surface area contributed by atoms with Gasteiger partial charge in [-0.15, -0.1) is 13.2 Å². The molecule has 0 aliphatic carbocycles. The Balaban J connectivity index is 3.25. The average molecular weight is 158 g/mol. The molecule has 0 aliphatic heterocycles. The van der Waals surface area contributed by atoms with Crippen molar-refractivity contribution in [2.75, 3.05) is 6.61 Å². The summed E-state index contributed by atoms with van der Waals surface area (Å²) in [5, 5.41) is 0. The van der Waals surface area contributed by atoms with Crippen LogP contribution in [0.3, 0.4) is 0 Å². The molecule has 0 aliphatic rings. The summed E-state index contributed by atoms with van der Waals surface area (Å²) in [4.78, 5) is 0. The van der Waals surface area contributed by atoms with Crippen LogP contribution in [0.4, 0.5) is 0 Å². The molecule has 0 spiro atoms. The van der Waals surface area contributed by atoms with Crippen molar-refractivity contribution in [3.8, 4) is 0 Å². The summed E-state index contributed by atoms with van der Waals surface area (Å²) in [5.41, 5.74) is 0. The first-order chi connectivity index (χ1) is 4.85. The van der Waals surface area contributed by atoms with Gasteiger partial charge in [0.1, 0.15) is 0 Å². The summed E-state index contributed by atoms with van der Waals surface area (Å²) >= 11 is 0. The molecule has 0 aromatic heterocycles. The molecule has 0 saturated carbocycles. The Morgan fingerprint density at radius 3 is 2.50 bits per heavy atom. The molecule has 0 unspecified atom stereocenters. The van der Waals surface area contributed by atoms with E-state index in [9.17, 15) is 0 Å². The maximum atomic E-state index is 5.26. The van der Waals surface area contributed by atoms with Gasteiger partial charge < -0.3 is 8.85 Å². The largest absolute Gasteiger partial charge is 0.399 e. The van der Waals surface area contributed by atoms with Crippen LogP contribution in [-0.2, 0) is 8.85 Å². The minimum Gasteiger partial charge on any atom is -0.399 e. The van der Waals surface area contributed by atoms with Gasteiger partial charge in [0.25, 0.3) is 0 Å². The third-order valence-electron chi connectivity index (χ3n) is 1.01. The van der Waals surface area contributed by atoms with E-state index in [1.165, 1.54) is 0 Å². The van der Waals surface area contributed by atoms with Gasteiger partial charge >= 0.3 is 10.0 Å². The molecule has 58 valence electrons. The van der Waals surface area contributed by atoms with Gasteiger partial charge in [-0.3, -0.25) is 0 Å². The molecule has 0 heterocycles. The fourth-order valence-electron chi connectivity index (χ4n) is 0.442. The van der Waals surface area contributed by atoms with E-state index in [-0.39, 0.29) is 6.10 Å². The van der Waals surface area contributed by atoms with E-state index in [4.69, 9.17) is 8.85 Å². The Bertz CT molecular complexity index is 95.8. The predicted molar refractivity (Wildman–Crippen MR) is 45.4 cm³/mol. The smallest absolute Gasteiger partial charge is 0.305 e. The summed E-state index contributed by atoms with van der Waals surface area (Å²) in [6.07, 6.45) is 3.39. The van der Waals surface area contributed by atoms with E-state index in [1.54, 1.807) is 12.2 Å². The summed E-state index contributed by atoms with van der Waals surface area (Å²) in [7, 11) is -0.801. The first-order valence-corrected chi connectivity index (χ1v) is 4.45. The fourth-order valence-corrected chi connectivity index (χ4v) is 1.13. The highest BCUT2D eigenvalue weighted by Gasteiger charge is 1.95. The molecule has 0 aromatic carbocycles. The van der Waals surface area contributed by atoms with Crippen molar-refractivity contribution >= 4 is 10.0 Å². The molecular formula is C7H14O2Si. The Morgan fingerprint density at radius 2 is 2.10 bits per heavy atom. The van der Waals surface area contributed by atoms with Gasteiger partial charge in [0.05, 0.1) is 6.10 Å². The third-order valence-corrected chi connectivity index (χ3v) is 2.11. The molecule has 0 radical (unpaired) electrons. The van der Waals surface area contributed by atoms with E-state index < -0.39 is 10.0 Å². The topological polar surface area (TPSA) is 18.5 Å². The maximum Gasteiger partial charge on any atom is 0.305 e. The van der Waals surface area contributed by atoms with Crippen LogP contribution in [0.5, 0.6) is 0 Å². The van der Waals surface area contributed by atoms with Gasteiger partial charge in [-0.2, -0.15) is 0 Å². The predicted octanol–water partition coefficient (Wildman–Crippen LogP) is 0.779. The van der Waals surface area contributed by atoms with E-state index in [0.29, 0.717) is 0 Å². The number of hydrogen-bond donors (Lipinski definition) is 0. The van der Waals surface area contributed by atoms with Gasteiger partial charge in [-0.1, -0.05) is 12.2 Å². The first-order valence-electron chi connectivity index (χ1n) is 3.29. The normalized spacial score (nSPS) is 11.0. The van der Waals surface area contributed by atoms with Crippen LogP contribution in [0.2, 0.25) is 0 Å². The highest BCUT2D eigenvalue weighted by atomic mass is 28.3. The van der Waals surface area contributed by atoms with Gasteiger partial charge in [0.15, 0.2) is 0 Å². The molecule has 10 heavy (non-hydrogen) atoms. The van der Waals surface area contributed by atoms with Gasteiger partial charge in [-0.05, 0) is 6.92 Å². The average Bonchev–Trinajstić information content (AvgIpc) is 1.99. The molecule has 0 N–H and O–H groups in total. The van der Waals surface area contributed by atoms with Crippen LogP contribution in [0.1, 0.15) is 6.92 Å². The quantitative estimate of drug-likeness (QED) is 0.323. The Labute approximate surface area is 64.6 Å². The lowest BCUT2D eigenvalue weighted by atomic mass is 10.4. The van der Waals surface area contributed by atoms with Crippen molar-refractivity contribution in [3.63, 3.8) is 0 Å². The van der Waals surface area contributed by atoms with Crippen LogP contribution in [-0.4, -0.2) is 22.7 Å². The van der Waals surface area contributed by atoms with Crippen molar-refractivity contribution in [2.45, 2.75) is 13.0 Å². The third kappa shape index (κ3) is 4.49. The lowest BCUT2D eigenvalue weighted by molar-refractivity contribution is 0.218. The van der Waals surface area contributed by atoms with E-state index >= 15 is 0 Å². The van der Waals surface area contributed by atoms with Gasteiger partial charge in [-0.25, -0.2) is 0 Å². The van der Waals surface area contributed by atoms with Gasteiger partial charge in [0.2, 0.25) is 0 Å².